The van der Waals surface area contributed by atoms with Crippen molar-refractivity contribution in [1.82, 2.24) is 9.99 Å². The molecule has 34 heavy (non-hydrogen) atoms. The molecule has 5 rings (SSSR count). The Hall–Kier alpha value is -4.32. The van der Waals surface area contributed by atoms with Gasteiger partial charge in [-0.15, -0.1) is 0 Å². The smallest absolute Gasteiger partial charge is 0.282 e. The Kier molecular flexibility index (Phi) is 5.87. The average Bonchev–Trinajstić information content (AvgIpc) is 3.36. The van der Waals surface area contributed by atoms with Crippen molar-refractivity contribution in [2.24, 2.45) is 0 Å². The molecule has 170 valence electrons. The number of anilines is 1. The Morgan fingerprint density at radius 1 is 0.912 bits per heavy atom. The molecule has 2 amide bonds. The first kappa shape index (κ1) is 21.5. The van der Waals surface area contributed by atoms with Gasteiger partial charge in [-0.3, -0.25) is 15.0 Å². The second-order valence-corrected chi connectivity index (χ2v) is 8.29. The molecule has 1 fully saturated rings. The molecule has 0 radical (unpaired) electrons. The lowest BCUT2D eigenvalue weighted by atomic mass is 10.1. The van der Waals surface area contributed by atoms with E-state index < -0.39 is 5.91 Å². The molecule has 0 unspecified atom stereocenters. The van der Waals surface area contributed by atoms with E-state index in [4.69, 9.17) is 4.74 Å². The molecule has 0 bridgehead atoms. The van der Waals surface area contributed by atoms with Crippen LogP contribution in [0.25, 0.3) is 17.0 Å². The summed E-state index contributed by atoms with van der Waals surface area (Å²) >= 11 is 0. The predicted molar refractivity (Wildman–Crippen MR) is 133 cm³/mol. The quantitative estimate of drug-likeness (QED) is 0.247. The lowest BCUT2D eigenvalue weighted by Crippen LogP contribution is -2.35. The van der Waals surface area contributed by atoms with Crippen LogP contribution in [-0.4, -0.2) is 23.0 Å². The van der Waals surface area contributed by atoms with Gasteiger partial charge >= 0.3 is 0 Å². The number of nitrogens with zero attached hydrogens (tertiary/aromatic N) is 2. The summed E-state index contributed by atoms with van der Waals surface area (Å²) in [5.74, 6) is 0.0961. The van der Waals surface area contributed by atoms with E-state index in [0.717, 1.165) is 35.2 Å². The third-order valence-corrected chi connectivity index (χ3v) is 5.86. The fourth-order valence-corrected chi connectivity index (χ4v) is 4.11. The lowest BCUT2D eigenvalue weighted by molar-refractivity contribution is -0.117. The number of carbonyl (C=O) groups is 2. The maximum absolute atomic E-state index is 13.0. The minimum atomic E-state index is -0.405. The van der Waals surface area contributed by atoms with Crippen molar-refractivity contribution in [2.45, 2.75) is 19.9 Å². The molecule has 1 aromatic heterocycles. The standard InChI is InChI=1S/C28H25N3O3/c1-20-12-14-23(15-13-20)34-17-7-16-30-19-21(24-10-5-6-11-26(24)30)18-25-27(32)29-31(28(25)33)22-8-3-2-4-9-22/h2-6,8-15,18-19H,7,16-17H2,1H3,(H,29,32)/b25-18+. The van der Waals surface area contributed by atoms with Crippen LogP contribution in [0.2, 0.25) is 0 Å². The van der Waals surface area contributed by atoms with Crippen molar-refractivity contribution in [2.75, 3.05) is 11.6 Å². The lowest BCUT2D eigenvalue weighted by Gasteiger charge is -2.13. The van der Waals surface area contributed by atoms with E-state index in [-0.39, 0.29) is 11.5 Å². The molecule has 4 aromatic rings. The van der Waals surface area contributed by atoms with Gasteiger partial charge < -0.3 is 9.30 Å². The molecule has 1 saturated heterocycles. The number of hydrazine groups is 1. The molecule has 3 aromatic carbocycles. The van der Waals surface area contributed by atoms with Crippen molar-refractivity contribution in [3.63, 3.8) is 0 Å². The Morgan fingerprint density at radius 3 is 2.44 bits per heavy atom. The van der Waals surface area contributed by atoms with Gasteiger partial charge in [0, 0.05) is 29.2 Å². The number of ether oxygens (including phenoxy) is 1. The van der Waals surface area contributed by atoms with Crippen LogP contribution in [0, 0.1) is 6.92 Å². The van der Waals surface area contributed by atoms with Crippen molar-refractivity contribution in [3.8, 4) is 5.75 Å². The number of rotatable bonds is 7. The van der Waals surface area contributed by atoms with E-state index >= 15 is 0 Å². The third kappa shape index (κ3) is 4.30. The molecule has 6 heteroatoms. The van der Waals surface area contributed by atoms with Gasteiger partial charge in [0.15, 0.2) is 0 Å². The normalized spacial score (nSPS) is 14.7. The number of nitrogens with one attached hydrogen (secondary N) is 1. The predicted octanol–water partition coefficient (Wildman–Crippen LogP) is 4.88. The zero-order valence-electron chi connectivity index (χ0n) is 18.9. The highest BCUT2D eigenvalue weighted by Crippen LogP contribution is 2.27. The number of carbonyl (C=O) groups excluding carboxylic acids is 2. The number of hydrogen-bond acceptors (Lipinski definition) is 3. The monoisotopic (exact) mass is 451 g/mol. The van der Waals surface area contributed by atoms with Gasteiger partial charge in [-0.25, -0.2) is 5.01 Å². The van der Waals surface area contributed by atoms with Crippen LogP contribution in [0.4, 0.5) is 5.69 Å². The topological polar surface area (TPSA) is 63.6 Å². The second-order valence-electron chi connectivity index (χ2n) is 8.29. The van der Waals surface area contributed by atoms with Crippen molar-refractivity contribution in [1.29, 1.82) is 0 Å². The highest BCUT2D eigenvalue weighted by Gasteiger charge is 2.34. The third-order valence-electron chi connectivity index (χ3n) is 5.86. The first-order valence-electron chi connectivity index (χ1n) is 11.3. The molecule has 1 N–H and O–H groups in total. The Morgan fingerprint density at radius 2 is 1.65 bits per heavy atom. The number of aryl methyl sites for hydroxylation is 2. The van der Waals surface area contributed by atoms with E-state index in [2.05, 4.69) is 16.9 Å². The van der Waals surface area contributed by atoms with Gasteiger partial charge in [-0.05, 0) is 49.8 Å². The summed E-state index contributed by atoms with van der Waals surface area (Å²) < 4.78 is 8.01. The number of fused-ring (bicyclic) bond motifs is 1. The largest absolute Gasteiger partial charge is 0.494 e. The van der Waals surface area contributed by atoms with Gasteiger partial charge in [0.1, 0.15) is 11.3 Å². The summed E-state index contributed by atoms with van der Waals surface area (Å²) in [6.07, 6.45) is 4.50. The summed E-state index contributed by atoms with van der Waals surface area (Å²) in [7, 11) is 0. The molecule has 0 saturated carbocycles. The van der Waals surface area contributed by atoms with Crippen LogP contribution >= 0.6 is 0 Å². The molecule has 0 aliphatic carbocycles. The molecule has 0 atom stereocenters. The number of benzene rings is 3. The number of hydrogen-bond donors (Lipinski definition) is 1. The fourth-order valence-electron chi connectivity index (χ4n) is 4.11. The fraction of sp³-hybridized carbons (Fsp3) is 0.143. The van der Waals surface area contributed by atoms with Crippen LogP contribution in [0.1, 0.15) is 17.5 Å². The Bertz CT molecular complexity index is 1370. The van der Waals surface area contributed by atoms with Gasteiger partial charge in [-0.1, -0.05) is 54.1 Å². The first-order chi connectivity index (χ1) is 16.6. The van der Waals surface area contributed by atoms with E-state index in [1.54, 1.807) is 18.2 Å². The van der Waals surface area contributed by atoms with Crippen molar-refractivity contribution < 1.29 is 14.3 Å². The summed E-state index contributed by atoms with van der Waals surface area (Å²) in [6.45, 7) is 3.40. The van der Waals surface area contributed by atoms with Crippen LogP contribution < -0.4 is 15.2 Å². The second kappa shape index (κ2) is 9.27. The van der Waals surface area contributed by atoms with Gasteiger partial charge in [-0.2, -0.15) is 0 Å². The number of para-hydroxylation sites is 2. The van der Waals surface area contributed by atoms with E-state index in [1.807, 2.05) is 72.9 Å². The van der Waals surface area contributed by atoms with E-state index in [0.29, 0.717) is 12.3 Å². The average molecular weight is 452 g/mol. The van der Waals surface area contributed by atoms with Crippen molar-refractivity contribution in [3.05, 3.63) is 102 Å². The van der Waals surface area contributed by atoms with Crippen LogP contribution in [0.3, 0.4) is 0 Å². The van der Waals surface area contributed by atoms with Crippen LogP contribution in [0.5, 0.6) is 5.75 Å². The van der Waals surface area contributed by atoms with Gasteiger partial charge in [0.25, 0.3) is 11.8 Å². The molecule has 1 aliphatic rings. The summed E-state index contributed by atoms with van der Waals surface area (Å²) in [6, 6.07) is 25.1. The summed E-state index contributed by atoms with van der Waals surface area (Å²) in [5.41, 5.74) is 6.50. The molecule has 0 spiro atoms. The maximum Gasteiger partial charge on any atom is 0.282 e. The maximum atomic E-state index is 13.0. The zero-order chi connectivity index (χ0) is 23.5. The van der Waals surface area contributed by atoms with Crippen LogP contribution in [0.15, 0.2) is 90.6 Å². The molecule has 1 aliphatic heterocycles. The molecule has 6 nitrogen and oxygen atoms in total. The highest BCUT2D eigenvalue weighted by atomic mass is 16.5. The molecular formula is C28H25N3O3. The van der Waals surface area contributed by atoms with E-state index in [9.17, 15) is 9.59 Å². The minimum absolute atomic E-state index is 0.120. The van der Waals surface area contributed by atoms with Gasteiger partial charge in [0.05, 0.1) is 12.3 Å². The zero-order valence-corrected chi connectivity index (χ0v) is 18.9. The number of aromatic nitrogens is 1. The SMILES string of the molecule is Cc1ccc(OCCCn2cc(/C=C3\C(=O)NN(c4ccccc4)C3=O)c3ccccc32)cc1. The summed E-state index contributed by atoms with van der Waals surface area (Å²) in [5, 5.41) is 2.28. The van der Waals surface area contributed by atoms with E-state index in [1.165, 1.54) is 10.6 Å². The van der Waals surface area contributed by atoms with Crippen LogP contribution in [-0.2, 0) is 16.1 Å². The van der Waals surface area contributed by atoms with Crippen molar-refractivity contribution >= 4 is 34.5 Å². The molecule has 2 heterocycles. The first-order valence-corrected chi connectivity index (χ1v) is 11.3. The summed E-state index contributed by atoms with van der Waals surface area (Å²) in [4.78, 5) is 25.6. The number of amides is 2. The van der Waals surface area contributed by atoms with Gasteiger partial charge in [0.2, 0.25) is 0 Å². The highest BCUT2D eigenvalue weighted by molar-refractivity contribution is 6.32. The Labute approximate surface area is 198 Å². The minimum Gasteiger partial charge on any atom is -0.494 e. The Balaban J connectivity index is 1.35. The molecular weight excluding hydrogens is 426 g/mol.